The SMILES string of the molecule is CC=CC(=O)O.N.N=NC=NN.N=NC=NN. The first-order valence-corrected chi connectivity index (χ1v) is 3.62. The average molecular weight is 247 g/mol. The number of nitrogens with one attached hydrogen (secondary N) is 2. The Morgan fingerprint density at radius 1 is 1.18 bits per heavy atom. The van der Waals surface area contributed by atoms with Crippen LogP contribution in [-0.4, -0.2) is 23.8 Å². The van der Waals surface area contributed by atoms with Gasteiger partial charge in [-0.15, -0.1) is 10.2 Å². The highest BCUT2D eigenvalue weighted by molar-refractivity contribution is 5.79. The first kappa shape index (κ1) is 23.8. The van der Waals surface area contributed by atoms with Gasteiger partial charge in [0.2, 0.25) is 0 Å². The van der Waals surface area contributed by atoms with Crippen LogP contribution in [0.2, 0.25) is 0 Å². The maximum atomic E-state index is 9.51. The summed E-state index contributed by atoms with van der Waals surface area (Å²) in [7, 11) is 0. The highest BCUT2D eigenvalue weighted by Gasteiger charge is 1.76. The Bertz CT molecular complexity index is 244. The summed E-state index contributed by atoms with van der Waals surface area (Å²) in [6, 6.07) is 0. The number of aliphatic carboxylic acids is 1. The Kier molecular flexibility index (Phi) is 41.0. The van der Waals surface area contributed by atoms with Crippen molar-refractivity contribution in [3.8, 4) is 0 Å². The zero-order chi connectivity index (χ0) is 13.2. The molecule has 10 N–H and O–H groups in total. The summed E-state index contributed by atoms with van der Waals surface area (Å²) < 4.78 is 0. The van der Waals surface area contributed by atoms with E-state index >= 15 is 0 Å². The van der Waals surface area contributed by atoms with Gasteiger partial charge in [0.05, 0.1) is 0 Å². The molecule has 0 amide bonds. The van der Waals surface area contributed by atoms with Crippen LogP contribution in [0.1, 0.15) is 6.92 Å². The molecular formula is C6H17N9O2. The molecule has 0 saturated heterocycles. The fourth-order valence-electron chi connectivity index (χ4n) is 0.209. The molecule has 0 aromatic carbocycles. The van der Waals surface area contributed by atoms with Crippen LogP contribution in [0.3, 0.4) is 0 Å². The van der Waals surface area contributed by atoms with Crippen LogP contribution >= 0.6 is 0 Å². The van der Waals surface area contributed by atoms with E-state index in [-0.39, 0.29) is 6.15 Å². The molecule has 0 heterocycles. The topological polar surface area (TPSA) is 221 Å². The lowest BCUT2D eigenvalue weighted by molar-refractivity contribution is -0.131. The van der Waals surface area contributed by atoms with E-state index in [2.05, 4.69) is 32.1 Å². The third-order valence-corrected chi connectivity index (χ3v) is 0.558. The second kappa shape index (κ2) is 29.2. The molecule has 0 spiro atoms. The maximum absolute atomic E-state index is 9.51. The average Bonchev–Trinajstić information content (AvgIpc) is 2.21. The van der Waals surface area contributed by atoms with Gasteiger partial charge in [0.25, 0.3) is 0 Å². The first-order valence-electron chi connectivity index (χ1n) is 3.62. The number of carboxylic acids is 1. The minimum absolute atomic E-state index is 0. The Hall–Kier alpha value is -2.69. The minimum atomic E-state index is -0.891. The zero-order valence-corrected chi connectivity index (χ0v) is 9.32. The Labute approximate surface area is 97.9 Å². The van der Waals surface area contributed by atoms with Crippen LogP contribution in [0.5, 0.6) is 0 Å². The molecule has 0 rings (SSSR count). The van der Waals surface area contributed by atoms with E-state index < -0.39 is 5.97 Å². The number of carboxylic acid groups (broad SMARTS) is 1. The Morgan fingerprint density at radius 2 is 1.53 bits per heavy atom. The second-order valence-corrected chi connectivity index (χ2v) is 1.63. The van der Waals surface area contributed by atoms with Crippen LogP contribution < -0.4 is 17.8 Å². The summed E-state index contributed by atoms with van der Waals surface area (Å²) in [6.07, 6.45) is 4.45. The van der Waals surface area contributed by atoms with Crippen molar-refractivity contribution in [1.29, 1.82) is 11.1 Å². The van der Waals surface area contributed by atoms with Gasteiger partial charge in [0.1, 0.15) is 0 Å². The van der Waals surface area contributed by atoms with Crippen molar-refractivity contribution in [1.82, 2.24) is 6.15 Å². The molecule has 0 fully saturated rings. The molecule has 11 nitrogen and oxygen atoms in total. The van der Waals surface area contributed by atoms with Gasteiger partial charge in [0, 0.05) is 6.08 Å². The van der Waals surface area contributed by atoms with E-state index in [1.807, 2.05) is 0 Å². The summed E-state index contributed by atoms with van der Waals surface area (Å²) in [5.74, 6) is 8.10. The van der Waals surface area contributed by atoms with E-state index in [1.165, 1.54) is 6.08 Å². The lowest BCUT2D eigenvalue weighted by atomic mass is 10.5. The van der Waals surface area contributed by atoms with Gasteiger partial charge < -0.3 is 22.9 Å². The highest BCUT2D eigenvalue weighted by atomic mass is 16.4. The van der Waals surface area contributed by atoms with Crippen molar-refractivity contribution >= 4 is 18.6 Å². The smallest absolute Gasteiger partial charge is 0.327 e. The molecule has 0 aromatic rings. The molecule has 0 radical (unpaired) electrons. The number of carbonyl (C=O) groups is 1. The van der Waals surface area contributed by atoms with Crippen molar-refractivity contribution in [2.24, 2.45) is 32.1 Å². The number of hydrogen-bond donors (Lipinski definition) is 6. The second-order valence-electron chi connectivity index (χ2n) is 1.63. The monoisotopic (exact) mass is 247 g/mol. The molecule has 0 aliphatic heterocycles. The van der Waals surface area contributed by atoms with E-state index in [0.717, 1.165) is 18.8 Å². The zero-order valence-electron chi connectivity index (χ0n) is 9.32. The standard InChI is InChI=1S/C4H6O2.2CH4N4.H3N/c1-2-3-4(5)6;2*2-4-1-5-3;/h2-3H,1H3,(H,5,6);2*1-2H,3H2;1H3. The fraction of sp³-hybridized carbons (Fsp3) is 0.167. The third kappa shape index (κ3) is 91.7. The number of hydrazone groups is 2. The molecule has 0 aliphatic carbocycles. The van der Waals surface area contributed by atoms with Gasteiger partial charge >= 0.3 is 5.97 Å². The van der Waals surface area contributed by atoms with Gasteiger partial charge in [-0.25, -0.2) is 15.9 Å². The van der Waals surface area contributed by atoms with Crippen LogP contribution in [0.25, 0.3) is 0 Å². The molecule has 0 aliphatic rings. The number of rotatable bonds is 3. The summed E-state index contributed by atoms with van der Waals surface area (Å²) in [6.45, 7) is 1.66. The number of hydrogen-bond acceptors (Lipinski definition) is 8. The molecule has 17 heavy (non-hydrogen) atoms. The Morgan fingerprint density at radius 3 is 1.53 bits per heavy atom. The predicted molar refractivity (Wildman–Crippen MR) is 63.1 cm³/mol. The third-order valence-electron chi connectivity index (χ3n) is 0.558. The van der Waals surface area contributed by atoms with Gasteiger partial charge in [-0.3, -0.25) is 0 Å². The van der Waals surface area contributed by atoms with Crippen LogP contribution in [0, 0.1) is 11.1 Å². The van der Waals surface area contributed by atoms with Gasteiger partial charge in [-0.1, -0.05) is 6.08 Å². The normalized spacial score (nSPS) is 8.53. The summed E-state index contributed by atoms with van der Waals surface area (Å²) in [4.78, 5) is 9.51. The molecule has 0 unspecified atom stereocenters. The quantitative estimate of drug-likeness (QED) is 0.105. The lowest BCUT2D eigenvalue weighted by Crippen LogP contribution is -1.83. The molecule has 0 aromatic heterocycles. The highest BCUT2D eigenvalue weighted by Crippen LogP contribution is 1.65. The van der Waals surface area contributed by atoms with Gasteiger partial charge in [-0.2, -0.15) is 10.2 Å². The number of nitrogens with zero attached hydrogens (tertiary/aromatic N) is 4. The first-order chi connectivity index (χ1) is 7.60. The van der Waals surface area contributed by atoms with Crippen LogP contribution in [0.15, 0.2) is 32.6 Å². The maximum Gasteiger partial charge on any atom is 0.327 e. The lowest BCUT2D eigenvalue weighted by Gasteiger charge is -1.68. The summed E-state index contributed by atoms with van der Waals surface area (Å²) in [5, 5.41) is 19.0. The largest absolute Gasteiger partial charge is 0.478 e. The van der Waals surface area contributed by atoms with Crippen molar-refractivity contribution < 1.29 is 9.90 Å². The van der Waals surface area contributed by atoms with E-state index in [9.17, 15) is 4.79 Å². The summed E-state index contributed by atoms with van der Waals surface area (Å²) >= 11 is 0. The minimum Gasteiger partial charge on any atom is -0.478 e. The molecular weight excluding hydrogens is 230 g/mol. The molecule has 98 valence electrons. The van der Waals surface area contributed by atoms with E-state index in [4.69, 9.17) is 16.2 Å². The van der Waals surface area contributed by atoms with E-state index in [1.54, 1.807) is 6.92 Å². The van der Waals surface area contributed by atoms with E-state index in [0.29, 0.717) is 0 Å². The van der Waals surface area contributed by atoms with Crippen molar-refractivity contribution in [2.45, 2.75) is 6.92 Å². The van der Waals surface area contributed by atoms with Crippen molar-refractivity contribution in [2.75, 3.05) is 0 Å². The summed E-state index contributed by atoms with van der Waals surface area (Å²) in [5.41, 5.74) is 12.0. The Balaban J connectivity index is -0.0000000729. The molecule has 0 bridgehead atoms. The van der Waals surface area contributed by atoms with Gasteiger partial charge in [-0.05, 0) is 6.92 Å². The van der Waals surface area contributed by atoms with Crippen LogP contribution in [-0.2, 0) is 4.79 Å². The van der Waals surface area contributed by atoms with Crippen LogP contribution in [0.4, 0.5) is 0 Å². The van der Waals surface area contributed by atoms with Crippen molar-refractivity contribution in [3.63, 3.8) is 0 Å². The number of allylic oxidation sites excluding steroid dienone is 1. The fourth-order valence-corrected chi connectivity index (χ4v) is 0.209. The predicted octanol–water partition coefficient (Wildman–Crippen LogP) is 0.648. The molecule has 0 saturated carbocycles. The number of nitrogens with two attached hydrogens (primary N) is 2. The van der Waals surface area contributed by atoms with Crippen molar-refractivity contribution in [3.05, 3.63) is 12.2 Å². The molecule has 11 heteroatoms. The molecule has 0 atom stereocenters. The van der Waals surface area contributed by atoms with Gasteiger partial charge in [0.15, 0.2) is 12.7 Å².